The summed E-state index contributed by atoms with van der Waals surface area (Å²) in [6, 6.07) is 6.89. The van der Waals surface area contributed by atoms with Crippen LogP contribution in [-0.4, -0.2) is 190 Å². The lowest BCUT2D eigenvalue weighted by atomic mass is 9.98. The Morgan fingerprint density at radius 3 is 1.38 bits per heavy atom. The van der Waals surface area contributed by atoms with Crippen molar-refractivity contribution in [2.75, 3.05) is 13.2 Å². The molecule has 30 heteroatoms. The predicted molar refractivity (Wildman–Crippen MR) is 242 cm³/mol. The summed E-state index contributed by atoms with van der Waals surface area (Å²) in [7, 11) is 0. The molecule has 0 aromatic heterocycles. The fourth-order valence-electron chi connectivity index (χ4n) is 7.56. The number of aliphatic hydroxyl groups excluding tert-OH is 7. The van der Waals surface area contributed by atoms with Gasteiger partial charge in [-0.2, -0.15) is 0 Å². The molecule has 0 bridgehead atoms. The van der Waals surface area contributed by atoms with Gasteiger partial charge in [-0.05, 0) is 59.7 Å². The summed E-state index contributed by atoms with van der Waals surface area (Å²) in [6.45, 7) is -3.40. The van der Waals surface area contributed by atoms with Crippen LogP contribution in [0.1, 0.15) is 42.2 Å². The minimum atomic E-state index is -2.14. The minimum absolute atomic E-state index is 0.110. The highest BCUT2D eigenvalue weighted by atomic mass is 16.7. The highest BCUT2D eigenvalue weighted by Crippen LogP contribution is 2.50. The third kappa shape index (κ3) is 11.5. The lowest BCUT2D eigenvalue weighted by molar-refractivity contribution is -0.277. The molecule has 0 aliphatic carbocycles. The van der Waals surface area contributed by atoms with E-state index < -0.39 is 214 Å². The highest BCUT2D eigenvalue weighted by Gasteiger charge is 2.49. The minimum Gasteiger partial charge on any atom is -0.504 e. The first-order valence-corrected chi connectivity index (χ1v) is 22.0. The third-order valence-corrected chi connectivity index (χ3v) is 11.6. The van der Waals surface area contributed by atoms with Gasteiger partial charge in [0.2, 0.25) is 41.3 Å². The molecule has 77 heavy (non-hydrogen) atoms. The smallest absolute Gasteiger partial charge is 0.342 e. The molecule has 0 unspecified atom stereocenters. The van der Waals surface area contributed by atoms with Gasteiger partial charge in [0.25, 0.3) is 0 Å². The van der Waals surface area contributed by atoms with E-state index >= 15 is 0 Å². The van der Waals surface area contributed by atoms with Crippen molar-refractivity contribution < 1.29 is 149 Å². The van der Waals surface area contributed by atoms with Crippen molar-refractivity contribution in [2.45, 2.75) is 74.6 Å². The number of carbonyl (C=O) groups is 3. The molecular weight excluding hydrogens is 1040 g/mol. The highest BCUT2D eigenvalue weighted by molar-refractivity contribution is 5.96. The molecule has 30 nitrogen and oxygen atoms in total. The number of hydrogen-bond acceptors (Lipinski definition) is 30. The molecule has 19 N–H and O–H groups in total. The molecule has 2 aliphatic heterocycles. The van der Waals surface area contributed by atoms with Crippen molar-refractivity contribution in [3.05, 3.63) is 82.4 Å². The first-order valence-electron chi connectivity index (χ1n) is 22.0. The van der Waals surface area contributed by atoms with Crippen LogP contribution in [0.5, 0.6) is 92.0 Å². The lowest BCUT2D eigenvalue weighted by Crippen LogP contribution is -2.61. The van der Waals surface area contributed by atoms with Crippen LogP contribution < -0.4 is 14.2 Å². The molecule has 5 aromatic rings. The van der Waals surface area contributed by atoms with Crippen LogP contribution in [0.4, 0.5) is 0 Å². The van der Waals surface area contributed by atoms with Crippen molar-refractivity contribution in [1.82, 2.24) is 0 Å². The maximum absolute atomic E-state index is 13.5. The zero-order valence-corrected chi connectivity index (χ0v) is 38.8. The van der Waals surface area contributed by atoms with Crippen LogP contribution in [-0.2, 0) is 36.9 Å². The average Bonchev–Trinajstić information content (AvgIpc) is 3.39. The summed E-state index contributed by atoms with van der Waals surface area (Å²) >= 11 is 0. The first-order chi connectivity index (χ1) is 36.3. The van der Waals surface area contributed by atoms with E-state index in [4.69, 9.17) is 37.9 Å². The van der Waals surface area contributed by atoms with Gasteiger partial charge in [-0.15, -0.1) is 0 Å². The third-order valence-electron chi connectivity index (χ3n) is 11.6. The van der Waals surface area contributed by atoms with Crippen molar-refractivity contribution in [3.8, 4) is 92.0 Å². The number of esters is 3. The van der Waals surface area contributed by atoms with Gasteiger partial charge in [0, 0.05) is 6.07 Å². The number of benzene rings is 5. The molecule has 0 radical (unpaired) electrons. The SMILES string of the molecule is O=C(OCc1cc(O)c(O[C@@H]2O[C@H](CO)[C@@H](O)[C@H](O)[C@H]2O)c(O)c1)c1cc(O)c(O)c(Oc2c(C(=O)OCc3cc(O)c(O[C@@H]4O[C@H](CO)[C@@H](OC(=O)c5cc(O)c(O)c(O)c5)[C@H](O)[C@H]4O)c(O)c3)cc(O)c(O)c2O)c1. The van der Waals surface area contributed by atoms with Crippen molar-refractivity contribution in [2.24, 2.45) is 0 Å². The normalized spacial score (nSPS) is 23.1. The topological polar surface area (TPSA) is 509 Å². The Morgan fingerprint density at radius 2 is 0.870 bits per heavy atom. The summed E-state index contributed by atoms with van der Waals surface area (Å²) < 4.78 is 42.3. The molecule has 2 heterocycles. The molecule has 7 rings (SSSR count). The second-order valence-electron chi connectivity index (χ2n) is 16.9. The molecule has 0 spiro atoms. The molecule has 5 aromatic carbocycles. The monoisotopic (exact) mass is 1090 g/mol. The van der Waals surface area contributed by atoms with Crippen LogP contribution in [0.3, 0.4) is 0 Å². The lowest BCUT2D eigenvalue weighted by Gasteiger charge is -2.41. The molecule has 10 atom stereocenters. The quantitative estimate of drug-likeness (QED) is 0.0316. The Bertz CT molecular complexity index is 2980. The summed E-state index contributed by atoms with van der Waals surface area (Å²) in [6.07, 6.45) is -18.5. The number of hydrogen-bond donors (Lipinski definition) is 19. The number of phenolic OH excluding ortho intramolecular Hbond substituents is 12. The molecule has 2 fully saturated rings. The number of rotatable bonds is 16. The van der Waals surface area contributed by atoms with E-state index in [1.807, 2.05) is 0 Å². The van der Waals surface area contributed by atoms with Crippen LogP contribution in [0.25, 0.3) is 0 Å². The van der Waals surface area contributed by atoms with Gasteiger partial charge in [0.05, 0.1) is 24.3 Å². The summed E-state index contributed by atoms with van der Waals surface area (Å²) in [5.41, 5.74) is -2.36. The van der Waals surface area contributed by atoms with Gasteiger partial charge < -0.3 is 135 Å². The van der Waals surface area contributed by atoms with Gasteiger partial charge in [-0.3, -0.25) is 0 Å². The molecule has 0 saturated carbocycles. The molecule has 0 amide bonds. The summed E-state index contributed by atoms with van der Waals surface area (Å²) in [5, 5.41) is 196. The first kappa shape index (κ1) is 55.9. The van der Waals surface area contributed by atoms with E-state index in [1.165, 1.54) is 0 Å². The Kier molecular flexibility index (Phi) is 16.4. The van der Waals surface area contributed by atoms with Crippen molar-refractivity contribution in [3.63, 3.8) is 0 Å². The zero-order chi connectivity index (χ0) is 56.5. The van der Waals surface area contributed by atoms with E-state index in [1.54, 1.807) is 0 Å². The van der Waals surface area contributed by atoms with Crippen LogP contribution >= 0.6 is 0 Å². The molecular formula is C47H46O30. The van der Waals surface area contributed by atoms with E-state index in [-0.39, 0.29) is 11.1 Å². The van der Waals surface area contributed by atoms with E-state index in [0.29, 0.717) is 30.3 Å². The number of aromatic hydroxyl groups is 12. The summed E-state index contributed by atoms with van der Waals surface area (Å²) in [5.74, 6) is -19.8. The van der Waals surface area contributed by atoms with E-state index in [2.05, 4.69) is 0 Å². The maximum atomic E-state index is 13.5. The largest absolute Gasteiger partial charge is 0.504 e. The van der Waals surface area contributed by atoms with Gasteiger partial charge in [-0.1, -0.05) is 0 Å². The molecule has 414 valence electrons. The van der Waals surface area contributed by atoms with Crippen molar-refractivity contribution >= 4 is 17.9 Å². The Labute approximate surface area is 428 Å². The fourth-order valence-corrected chi connectivity index (χ4v) is 7.56. The number of carbonyl (C=O) groups excluding carboxylic acids is 3. The van der Waals surface area contributed by atoms with Gasteiger partial charge >= 0.3 is 17.9 Å². The van der Waals surface area contributed by atoms with Crippen LogP contribution in [0.2, 0.25) is 0 Å². The van der Waals surface area contributed by atoms with Gasteiger partial charge in [0.1, 0.15) is 61.5 Å². The van der Waals surface area contributed by atoms with Crippen LogP contribution in [0, 0.1) is 0 Å². The Balaban J connectivity index is 1.01. The molecule has 2 aliphatic rings. The average molecular weight is 1090 g/mol. The Morgan fingerprint density at radius 1 is 0.429 bits per heavy atom. The second-order valence-corrected chi connectivity index (χ2v) is 16.9. The van der Waals surface area contributed by atoms with Gasteiger partial charge in [0.15, 0.2) is 69.3 Å². The van der Waals surface area contributed by atoms with E-state index in [0.717, 1.165) is 24.3 Å². The second kappa shape index (κ2) is 22.6. The number of ether oxygens (including phenoxy) is 8. The standard InChI is InChI=1S/C47H46O30/c48-10-28-33(61)34(62)37(65)46(73-28)76-40-23(54)1-14(2-24(40)55)12-70-43(67)17-7-21(52)31(59)27(8-17)72-39-18(9-22(53)32(60)35(39)63)45(69)71-13-15-3-25(56)41(26(57)4-15)77-47-38(66)36(64)42(29(11-49)74-47)75-44(68)16-5-19(50)30(58)20(51)6-16/h1-9,28-29,33-34,36-38,42,46-66H,10-13H2/t28-,29-,33-,34+,36-,37-,38-,42-,46+,47+/m1/s1. The number of phenols is 12. The molecule has 2 saturated heterocycles. The maximum Gasteiger partial charge on any atom is 0.342 e. The van der Waals surface area contributed by atoms with Crippen LogP contribution in [0.15, 0.2) is 54.6 Å². The zero-order valence-electron chi connectivity index (χ0n) is 38.8. The van der Waals surface area contributed by atoms with Crippen molar-refractivity contribution in [1.29, 1.82) is 0 Å². The summed E-state index contributed by atoms with van der Waals surface area (Å²) in [4.78, 5) is 39.4. The van der Waals surface area contributed by atoms with Gasteiger partial charge in [-0.25, -0.2) is 14.4 Å². The van der Waals surface area contributed by atoms with E-state index in [9.17, 15) is 111 Å². The predicted octanol–water partition coefficient (Wildman–Crippen LogP) is -1.12. The fraction of sp³-hybridized carbons (Fsp3) is 0.298. The Hall–Kier alpha value is -8.85. The number of aliphatic hydroxyl groups is 7.